The van der Waals surface area contributed by atoms with Gasteiger partial charge in [-0.2, -0.15) is 11.3 Å². The molecule has 0 amide bonds. The van der Waals surface area contributed by atoms with E-state index < -0.39 is 6.10 Å². The number of aromatic hydroxyl groups is 1. The van der Waals surface area contributed by atoms with Gasteiger partial charge in [-0.1, -0.05) is 11.6 Å². The Kier molecular flexibility index (Phi) is 4.36. The molecule has 0 aliphatic carbocycles. The van der Waals surface area contributed by atoms with Gasteiger partial charge in [0.15, 0.2) is 0 Å². The fourth-order valence-corrected chi connectivity index (χ4v) is 2.34. The summed E-state index contributed by atoms with van der Waals surface area (Å²) in [5, 5.41) is 23.7. The van der Waals surface area contributed by atoms with Crippen molar-refractivity contribution < 1.29 is 10.2 Å². The maximum absolute atomic E-state index is 9.82. The van der Waals surface area contributed by atoms with Crippen LogP contribution in [0, 0.1) is 0 Å². The van der Waals surface area contributed by atoms with Gasteiger partial charge in [0.2, 0.25) is 0 Å². The maximum Gasteiger partial charge on any atom is 0.124 e. The number of nitrogens with zero attached hydrogens (tertiary/aromatic N) is 1. The van der Waals surface area contributed by atoms with E-state index in [9.17, 15) is 10.2 Å². The molecule has 0 aliphatic rings. The second kappa shape index (κ2) is 6.00. The minimum Gasteiger partial charge on any atom is -0.507 e. The molecule has 0 spiro atoms. The second-order valence-corrected chi connectivity index (χ2v) is 4.99. The summed E-state index contributed by atoms with van der Waals surface area (Å²) in [6.45, 7) is 0.253. The maximum atomic E-state index is 9.82. The average Bonchev–Trinajstić information content (AvgIpc) is 2.87. The standard InChI is InChI=1S/C13H12ClNO2S/c14-11-1-2-12(16)10(5-11)6-15-7-13(17)9-3-4-18-8-9/h1-6,8,13,16-17H,7H2. The van der Waals surface area contributed by atoms with Crippen molar-refractivity contribution in [3.63, 3.8) is 0 Å². The Labute approximate surface area is 114 Å². The number of phenols is 1. The van der Waals surface area contributed by atoms with Gasteiger partial charge in [-0.25, -0.2) is 0 Å². The van der Waals surface area contributed by atoms with Crippen LogP contribution in [0.15, 0.2) is 40.0 Å². The van der Waals surface area contributed by atoms with E-state index >= 15 is 0 Å². The molecule has 5 heteroatoms. The molecule has 18 heavy (non-hydrogen) atoms. The Hall–Kier alpha value is -1.36. The summed E-state index contributed by atoms with van der Waals surface area (Å²) >= 11 is 7.35. The summed E-state index contributed by atoms with van der Waals surface area (Å²) in [5.74, 6) is 0.119. The van der Waals surface area contributed by atoms with Gasteiger partial charge in [0.05, 0.1) is 12.6 Å². The van der Waals surface area contributed by atoms with E-state index in [-0.39, 0.29) is 12.3 Å². The lowest BCUT2D eigenvalue weighted by molar-refractivity contribution is 0.188. The molecule has 1 atom stereocenters. The molecule has 2 rings (SSSR count). The molecular weight excluding hydrogens is 270 g/mol. The Morgan fingerprint density at radius 2 is 2.22 bits per heavy atom. The first-order valence-corrected chi connectivity index (χ1v) is 6.67. The van der Waals surface area contributed by atoms with Crippen LogP contribution in [0.3, 0.4) is 0 Å². The van der Waals surface area contributed by atoms with E-state index in [1.165, 1.54) is 23.6 Å². The number of halogens is 1. The van der Waals surface area contributed by atoms with Crippen LogP contribution in [0.4, 0.5) is 0 Å². The summed E-state index contributed by atoms with van der Waals surface area (Å²) in [6, 6.07) is 6.60. The van der Waals surface area contributed by atoms with Gasteiger partial charge in [-0.15, -0.1) is 0 Å². The zero-order valence-corrected chi connectivity index (χ0v) is 11.0. The topological polar surface area (TPSA) is 52.8 Å². The number of hydrogen-bond donors (Lipinski definition) is 2. The first kappa shape index (κ1) is 13.1. The highest BCUT2D eigenvalue weighted by molar-refractivity contribution is 7.07. The summed E-state index contributed by atoms with van der Waals surface area (Å²) in [5.41, 5.74) is 1.40. The highest BCUT2D eigenvalue weighted by Gasteiger charge is 2.06. The van der Waals surface area contributed by atoms with E-state index in [1.807, 2.05) is 16.8 Å². The van der Waals surface area contributed by atoms with Crippen LogP contribution < -0.4 is 0 Å². The minimum absolute atomic E-state index is 0.119. The molecule has 1 unspecified atom stereocenters. The Bertz CT molecular complexity index is 540. The number of hydrogen-bond acceptors (Lipinski definition) is 4. The number of aliphatic hydroxyl groups excluding tert-OH is 1. The molecule has 0 aliphatic heterocycles. The number of thiophene rings is 1. The Morgan fingerprint density at radius 1 is 1.39 bits per heavy atom. The number of aliphatic hydroxyl groups is 1. The lowest BCUT2D eigenvalue weighted by Crippen LogP contribution is -2.00. The van der Waals surface area contributed by atoms with Crippen LogP contribution in [0.2, 0.25) is 5.02 Å². The van der Waals surface area contributed by atoms with Gasteiger partial charge >= 0.3 is 0 Å². The molecule has 1 aromatic heterocycles. The SMILES string of the molecule is Oc1ccc(Cl)cc1C=NCC(O)c1ccsc1. The zero-order valence-electron chi connectivity index (χ0n) is 9.45. The van der Waals surface area contributed by atoms with Crippen LogP contribution in [-0.4, -0.2) is 23.0 Å². The molecule has 3 nitrogen and oxygen atoms in total. The molecule has 1 heterocycles. The predicted molar refractivity (Wildman–Crippen MR) is 74.9 cm³/mol. The van der Waals surface area contributed by atoms with Crippen LogP contribution in [0.5, 0.6) is 5.75 Å². The molecule has 2 aromatic rings. The number of rotatable bonds is 4. The van der Waals surface area contributed by atoms with E-state index in [1.54, 1.807) is 12.1 Å². The summed E-state index contributed by atoms with van der Waals surface area (Å²) in [6.07, 6.45) is 0.894. The first-order chi connectivity index (χ1) is 8.66. The van der Waals surface area contributed by atoms with Crippen molar-refractivity contribution in [2.45, 2.75) is 6.10 Å². The quantitative estimate of drug-likeness (QED) is 0.845. The van der Waals surface area contributed by atoms with Gasteiger partial charge in [-0.3, -0.25) is 4.99 Å². The molecule has 94 valence electrons. The van der Waals surface area contributed by atoms with E-state index in [0.29, 0.717) is 10.6 Å². The summed E-state index contributed by atoms with van der Waals surface area (Å²) in [7, 11) is 0. The minimum atomic E-state index is -0.617. The average molecular weight is 282 g/mol. The van der Waals surface area contributed by atoms with Crippen molar-refractivity contribution in [2.24, 2.45) is 4.99 Å². The van der Waals surface area contributed by atoms with Crippen LogP contribution in [0.1, 0.15) is 17.2 Å². The predicted octanol–water partition coefficient (Wildman–Crippen LogP) is 3.26. The second-order valence-electron chi connectivity index (χ2n) is 3.77. The summed E-state index contributed by atoms with van der Waals surface area (Å²) in [4.78, 5) is 4.11. The number of aliphatic imine (C=N–C) groups is 1. The Morgan fingerprint density at radius 3 is 2.94 bits per heavy atom. The van der Waals surface area contributed by atoms with Gasteiger partial charge in [-0.05, 0) is 40.6 Å². The Balaban J connectivity index is 2.01. The van der Waals surface area contributed by atoms with Crippen LogP contribution in [-0.2, 0) is 0 Å². The third-order valence-corrected chi connectivity index (χ3v) is 3.36. The van der Waals surface area contributed by atoms with E-state index in [2.05, 4.69) is 4.99 Å². The molecular formula is C13H12ClNO2S. The van der Waals surface area contributed by atoms with Crippen molar-refractivity contribution in [3.8, 4) is 5.75 Å². The van der Waals surface area contributed by atoms with Gasteiger partial charge < -0.3 is 10.2 Å². The monoisotopic (exact) mass is 281 g/mol. The van der Waals surface area contributed by atoms with Crippen LogP contribution in [0.25, 0.3) is 0 Å². The number of phenolic OH excluding ortho intramolecular Hbond substituents is 1. The third-order valence-electron chi connectivity index (χ3n) is 2.43. The van der Waals surface area contributed by atoms with Crippen molar-refractivity contribution in [3.05, 3.63) is 51.2 Å². The molecule has 1 aromatic carbocycles. The smallest absolute Gasteiger partial charge is 0.124 e. The third kappa shape index (κ3) is 3.32. The fraction of sp³-hybridized carbons (Fsp3) is 0.154. The molecule has 0 radical (unpaired) electrons. The van der Waals surface area contributed by atoms with E-state index in [0.717, 1.165) is 5.56 Å². The van der Waals surface area contributed by atoms with Gasteiger partial charge in [0.1, 0.15) is 5.75 Å². The van der Waals surface area contributed by atoms with Crippen molar-refractivity contribution in [1.82, 2.24) is 0 Å². The van der Waals surface area contributed by atoms with Crippen LogP contribution >= 0.6 is 22.9 Å². The van der Waals surface area contributed by atoms with Gasteiger partial charge in [0, 0.05) is 16.8 Å². The highest BCUT2D eigenvalue weighted by Crippen LogP contribution is 2.20. The van der Waals surface area contributed by atoms with E-state index in [4.69, 9.17) is 11.6 Å². The van der Waals surface area contributed by atoms with Crippen molar-refractivity contribution in [2.75, 3.05) is 6.54 Å². The molecule has 2 N–H and O–H groups in total. The zero-order chi connectivity index (χ0) is 13.0. The molecule has 0 fully saturated rings. The first-order valence-electron chi connectivity index (χ1n) is 5.35. The molecule has 0 saturated heterocycles. The highest BCUT2D eigenvalue weighted by atomic mass is 35.5. The number of benzene rings is 1. The van der Waals surface area contributed by atoms with Crippen molar-refractivity contribution >= 4 is 29.2 Å². The molecule has 0 saturated carbocycles. The van der Waals surface area contributed by atoms with Gasteiger partial charge in [0.25, 0.3) is 0 Å². The lowest BCUT2D eigenvalue weighted by Gasteiger charge is -2.04. The summed E-state index contributed by atoms with van der Waals surface area (Å²) < 4.78 is 0. The lowest BCUT2D eigenvalue weighted by atomic mass is 10.2. The molecule has 0 bridgehead atoms. The normalized spacial score (nSPS) is 13.0. The largest absolute Gasteiger partial charge is 0.507 e. The fourth-order valence-electron chi connectivity index (χ4n) is 1.45. The van der Waals surface area contributed by atoms with Crippen molar-refractivity contribution in [1.29, 1.82) is 0 Å².